The Balaban J connectivity index is -0.000000471. The van der Waals surface area contributed by atoms with Crippen molar-refractivity contribution in [2.24, 2.45) is 10.8 Å². The zero-order valence-electron chi connectivity index (χ0n) is 14.6. The number of rotatable bonds is 11. The third-order valence-corrected chi connectivity index (χ3v) is 3.00. The molecule has 0 aliphatic heterocycles. The number of ether oxygens (including phenoxy) is 1. The summed E-state index contributed by atoms with van der Waals surface area (Å²) in [7, 11) is -4.64. The summed E-state index contributed by atoms with van der Waals surface area (Å²) in [6.45, 7) is -0.0446. The molecule has 0 aromatic rings. The molecule has 0 radical (unpaired) electrons. The van der Waals surface area contributed by atoms with Crippen LogP contribution < -0.4 is 0 Å². The molecule has 0 atom stereocenters. The van der Waals surface area contributed by atoms with Crippen LogP contribution in [0.2, 0.25) is 0 Å². The maximum atomic E-state index is 9.25. The summed E-state index contributed by atoms with van der Waals surface area (Å²) < 4.78 is 14.0. The van der Waals surface area contributed by atoms with Gasteiger partial charge in [0, 0.05) is 6.08 Å². The second kappa shape index (κ2) is 16.0. The molecule has 10 N–H and O–H groups in total. The summed E-state index contributed by atoms with van der Waals surface area (Å²) in [5.41, 5.74) is -2.32. The summed E-state index contributed by atoms with van der Waals surface area (Å²) in [6, 6.07) is 0. The number of aliphatic carboxylic acids is 1. The number of aliphatic hydroxyl groups excluding tert-OH is 6. The van der Waals surface area contributed by atoms with Gasteiger partial charge in [-0.25, -0.2) is 9.36 Å². The van der Waals surface area contributed by atoms with Gasteiger partial charge in [-0.3, -0.25) is 0 Å². The molecule has 0 aliphatic carbocycles. The van der Waals surface area contributed by atoms with Crippen molar-refractivity contribution >= 4 is 13.8 Å². The largest absolute Gasteiger partial charge is 0.478 e. The minimum atomic E-state index is -4.64. The Morgan fingerprint density at radius 1 is 0.815 bits per heavy atom. The van der Waals surface area contributed by atoms with E-state index in [2.05, 4.69) is 6.58 Å². The van der Waals surface area contributed by atoms with E-state index in [-0.39, 0.29) is 13.2 Å². The number of carboxylic acids is 1. The van der Waals surface area contributed by atoms with Crippen molar-refractivity contribution in [3.8, 4) is 0 Å². The lowest BCUT2D eigenvalue weighted by Gasteiger charge is -2.31. The summed E-state index contributed by atoms with van der Waals surface area (Å²) in [4.78, 5) is 30.8. The highest BCUT2D eigenvalue weighted by molar-refractivity contribution is 7.45. The minimum absolute atomic E-state index is 0.141. The predicted molar refractivity (Wildman–Crippen MR) is 90.3 cm³/mol. The first-order valence-electron chi connectivity index (χ1n) is 7.21. The van der Waals surface area contributed by atoms with E-state index in [4.69, 9.17) is 59.7 Å². The molecule has 0 heterocycles. The van der Waals surface area contributed by atoms with Gasteiger partial charge in [-0.15, -0.1) is 0 Å². The molecule has 0 fully saturated rings. The topological polar surface area (TPSA) is 246 Å². The van der Waals surface area contributed by atoms with Crippen LogP contribution in [0.4, 0.5) is 0 Å². The van der Waals surface area contributed by atoms with Crippen molar-refractivity contribution in [1.29, 1.82) is 0 Å². The van der Waals surface area contributed by atoms with E-state index in [1.165, 1.54) is 0 Å². The van der Waals surface area contributed by atoms with Gasteiger partial charge in [0.15, 0.2) is 0 Å². The highest BCUT2D eigenvalue weighted by Crippen LogP contribution is 2.25. The monoisotopic (exact) mass is 424 g/mol. The molecule has 0 saturated heterocycles. The van der Waals surface area contributed by atoms with Crippen molar-refractivity contribution in [2.45, 2.75) is 0 Å². The van der Waals surface area contributed by atoms with Gasteiger partial charge < -0.3 is 55.2 Å². The summed E-state index contributed by atoms with van der Waals surface area (Å²) in [5, 5.41) is 61.8. The number of hydrogen-bond acceptors (Lipinski definition) is 9. The molecule has 0 aliphatic rings. The van der Waals surface area contributed by atoms with E-state index in [1.807, 2.05) is 0 Å². The minimum Gasteiger partial charge on any atom is -0.478 e. The van der Waals surface area contributed by atoms with Crippen LogP contribution in [0.1, 0.15) is 0 Å². The molecule has 164 valence electrons. The highest BCUT2D eigenvalue weighted by Gasteiger charge is 2.32. The molecule has 0 spiro atoms. The van der Waals surface area contributed by atoms with Gasteiger partial charge in [0.25, 0.3) is 0 Å². The first-order valence-corrected chi connectivity index (χ1v) is 8.78. The molecule has 0 saturated carbocycles. The first-order chi connectivity index (χ1) is 12.3. The molecular weight excluding hydrogens is 395 g/mol. The summed E-state index contributed by atoms with van der Waals surface area (Å²) in [5.74, 6) is -0.981. The Kier molecular flexibility index (Phi) is 18.3. The third kappa shape index (κ3) is 18.2. The number of carboxylic acid groups (broad SMARTS) is 1. The van der Waals surface area contributed by atoms with E-state index in [1.54, 1.807) is 0 Å². The van der Waals surface area contributed by atoms with Gasteiger partial charge in [-0.1, -0.05) is 6.58 Å². The molecule has 0 aromatic carbocycles. The van der Waals surface area contributed by atoms with E-state index in [0.717, 1.165) is 6.08 Å². The Hall–Kier alpha value is -0.960. The van der Waals surface area contributed by atoms with Gasteiger partial charge in [-0.05, 0) is 0 Å². The first kappa shape index (κ1) is 30.8. The van der Waals surface area contributed by atoms with Gasteiger partial charge in [0.05, 0.1) is 63.7 Å². The van der Waals surface area contributed by atoms with Gasteiger partial charge in [0.1, 0.15) is 0 Å². The number of carbonyl (C=O) groups is 1. The van der Waals surface area contributed by atoms with Gasteiger partial charge >= 0.3 is 13.8 Å². The standard InChI is InChI=1S/C10H22O7.C3H4O2.H3O4P/c11-1-9(2-12,3-13)7-17-8-10(4-14,5-15)6-16;1-2-3(4)5;1-5(2,3)4/h11-16H,1-8H2;2H,1H2,(H,4,5);(H3,1,2,3,4). The van der Waals surface area contributed by atoms with Crippen LogP contribution >= 0.6 is 7.82 Å². The molecule has 0 unspecified atom stereocenters. The van der Waals surface area contributed by atoms with Crippen molar-refractivity contribution in [1.82, 2.24) is 0 Å². The maximum absolute atomic E-state index is 9.25. The number of hydrogen-bond donors (Lipinski definition) is 10. The molecular formula is C13H29O13P. The van der Waals surface area contributed by atoms with Crippen molar-refractivity contribution in [3.05, 3.63) is 12.7 Å². The van der Waals surface area contributed by atoms with E-state index in [9.17, 15) is 4.79 Å². The smallest absolute Gasteiger partial charge is 0.466 e. The van der Waals surface area contributed by atoms with Crippen molar-refractivity contribution in [3.63, 3.8) is 0 Å². The number of aliphatic hydroxyl groups is 6. The molecule has 0 amide bonds. The summed E-state index contributed by atoms with van der Waals surface area (Å²) >= 11 is 0. The Morgan fingerprint density at radius 3 is 1.11 bits per heavy atom. The van der Waals surface area contributed by atoms with Crippen LogP contribution in [0.15, 0.2) is 12.7 Å². The zero-order chi connectivity index (χ0) is 22.1. The number of phosphoric acid groups is 1. The maximum Gasteiger partial charge on any atom is 0.466 e. The summed E-state index contributed by atoms with van der Waals surface area (Å²) in [6.07, 6.45) is 0.833. The average Bonchev–Trinajstić information content (AvgIpc) is 2.62. The van der Waals surface area contributed by atoms with Crippen LogP contribution in [0.3, 0.4) is 0 Å². The van der Waals surface area contributed by atoms with Crippen LogP contribution in [-0.4, -0.2) is 109 Å². The van der Waals surface area contributed by atoms with Crippen molar-refractivity contribution < 1.29 is 64.5 Å². The molecule has 14 heteroatoms. The SMILES string of the molecule is C=CC(=O)O.O=P(O)(O)O.OCC(CO)(CO)COCC(CO)(CO)CO. The Labute approximate surface area is 155 Å². The van der Waals surface area contributed by atoms with Crippen LogP contribution in [-0.2, 0) is 14.1 Å². The lowest BCUT2D eigenvalue weighted by atomic mass is 9.91. The van der Waals surface area contributed by atoms with Crippen LogP contribution in [0, 0.1) is 10.8 Å². The average molecular weight is 424 g/mol. The highest BCUT2D eigenvalue weighted by atomic mass is 31.2. The fourth-order valence-electron chi connectivity index (χ4n) is 1.06. The Morgan fingerprint density at radius 2 is 1.00 bits per heavy atom. The lowest BCUT2D eigenvalue weighted by molar-refractivity contribution is -0.131. The zero-order valence-corrected chi connectivity index (χ0v) is 15.5. The van der Waals surface area contributed by atoms with Crippen molar-refractivity contribution in [2.75, 3.05) is 52.9 Å². The fraction of sp³-hybridized carbons (Fsp3) is 0.769. The van der Waals surface area contributed by atoms with Gasteiger partial charge in [0.2, 0.25) is 0 Å². The van der Waals surface area contributed by atoms with E-state index < -0.39 is 64.3 Å². The predicted octanol–water partition coefficient (Wildman–Crippen LogP) is -3.74. The van der Waals surface area contributed by atoms with E-state index >= 15 is 0 Å². The van der Waals surface area contributed by atoms with E-state index in [0.29, 0.717) is 0 Å². The second-order valence-electron chi connectivity index (χ2n) is 5.50. The van der Waals surface area contributed by atoms with Crippen LogP contribution in [0.5, 0.6) is 0 Å². The third-order valence-electron chi connectivity index (χ3n) is 3.00. The fourth-order valence-corrected chi connectivity index (χ4v) is 1.06. The quantitative estimate of drug-likeness (QED) is 0.113. The molecule has 0 aromatic heterocycles. The molecule has 0 bridgehead atoms. The molecule has 27 heavy (non-hydrogen) atoms. The van der Waals surface area contributed by atoms with Crippen LogP contribution in [0.25, 0.3) is 0 Å². The lowest BCUT2D eigenvalue weighted by Crippen LogP contribution is -2.43. The second-order valence-corrected chi connectivity index (χ2v) is 6.52. The molecule has 0 rings (SSSR count). The van der Waals surface area contributed by atoms with Gasteiger partial charge in [-0.2, -0.15) is 0 Å². The molecule has 13 nitrogen and oxygen atoms in total. The normalized spacial score (nSPS) is 11.6. The Bertz CT molecular complexity index is 383.